The van der Waals surface area contributed by atoms with Crippen molar-refractivity contribution in [3.8, 4) is 0 Å². The number of likely N-dealkylation sites (tertiary alicyclic amines) is 1. The third kappa shape index (κ3) is 3.15. The molecule has 1 aliphatic heterocycles. The zero-order valence-corrected chi connectivity index (χ0v) is 13.7. The van der Waals surface area contributed by atoms with Crippen LogP contribution in [0.15, 0.2) is 30.7 Å². The van der Waals surface area contributed by atoms with Crippen LogP contribution in [0.2, 0.25) is 0 Å². The van der Waals surface area contributed by atoms with Gasteiger partial charge in [0.1, 0.15) is 11.5 Å². The van der Waals surface area contributed by atoms with E-state index < -0.39 is 5.91 Å². The number of carbonyl (C=O) groups excluding carboxylic acids is 2. The normalized spacial score (nSPS) is 17.7. The maximum absolute atomic E-state index is 12.7. The minimum absolute atomic E-state index is 0.117. The maximum atomic E-state index is 12.7. The van der Waals surface area contributed by atoms with E-state index in [1.807, 2.05) is 17.3 Å². The van der Waals surface area contributed by atoms with E-state index in [4.69, 9.17) is 5.73 Å². The second-order valence-electron chi connectivity index (χ2n) is 5.95. The number of pyridine rings is 1. The van der Waals surface area contributed by atoms with Gasteiger partial charge in [0.2, 0.25) is 5.91 Å². The van der Waals surface area contributed by atoms with Crippen molar-refractivity contribution < 1.29 is 9.59 Å². The van der Waals surface area contributed by atoms with Crippen molar-refractivity contribution in [2.45, 2.75) is 32.2 Å². The van der Waals surface area contributed by atoms with Crippen LogP contribution in [-0.4, -0.2) is 44.3 Å². The molecule has 2 aromatic rings. The zero-order valence-electron chi connectivity index (χ0n) is 13.7. The number of amides is 2. The minimum Gasteiger partial charge on any atom is -0.366 e. The lowest BCUT2D eigenvalue weighted by atomic mass is 10.0. The molecule has 1 fully saturated rings. The number of hydrogen-bond acceptors (Lipinski definition) is 4. The molecule has 3 heterocycles. The maximum Gasteiger partial charge on any atom is 0.272 e. The Morgan fingerprint density at radius 2 is 2.17 bits per heavy atom. The van der Waals surface area contributed by atoms with Gasteiger partial charge in [-0.25, -0.2) is 4.98 Å². The van der Waals surface area contributed by atoms with Crippen molar-refractivity contribution >= 4 is 11.8 Å². The molecule has 0 aromatic carbocycles. The number of carbonyl (C=O) groups is 2. The Bertz CT molecular complexity index is 738. The van der Waals surface area contributed by atoms with Crippen molar-refractivity contribution in [2.75, 3.05) is 13.1 Å². The van der Waals surface area contributed by atoms with Gasteiger partial charge >= 0.3 is 0 Å². The topological polar surface area (TPSA) is 94.1 Å². The number of aromatic nitrogens is 3. The number of hydrogen-bond donors (Lipinski definition) is 1. The molecule has 0 unspecified atom stereocenters. The largest absolute Gasteiger partial charge is 0.366 e. The summed E-state index contributed by atoms with van der Waals surface area (Å²) in [4.78, 5) is 34.0. The summed E-state index contributed by atoms with van der Waals surface area (Å²) in [7, 11) is 0. The SMILES string of the molecule is CCc1nccn1[C@H]1CCCN(C(=O)c2ccc(C(N)=O)cn2)C1. The van der Waals surface area contributed by atoms with Gasteiger partial charge in [0.15, 0.2) is 0 Å². The molecule has 7 heteroatoms. The number of piperidine rings is 1. The molecule has 126 valence electrons. The van der Waals surface area contributed by atoms with Crippen molar-refractivity contribution in [3.05, 3.63) is 47.8 Å². The number of nitrogens with two attached hydrogens (primary N) is 1. The van der Waals surface area contributed by atoms with Crippen molar-refractivity contribution in [1.82, 2.24) is 19.4 Å². The molecule has 2 N–H and O–H groups in total. The highest BCUT2D eigenvalue weighted by Crippen LogP contribution is 2.24. The molecule has 0 bridgehead atoms. The molecule has 2 amide bonds. The van der Waals surface area contributed by atoms with Crippen LogP contribution >= 0.6 is 0 Å². The van der Waals surface area contributed by atoms with E-state index in [0.717, 1.165) is 25.1 Å². The van der Waals surface area contributed by atoms with Crippen molar-refractivity contribution in [1.29, 1.82) is 0 Å². The van der Waals surface area contributed by atoms with E-state index >= 15 is 0 Å². The summed E-state index contributed by atoms with van der Waals surface area (Å²) in [6, 6.07) is 3.33. The summed E-state index contributed by atoms with van der Waals surface area (Å²) in [5.41, 5.74) is 5.83. The fourth-order valence-electron chi connectivity index (χ4n) is 3.14. The van der Waals surface area contributed by atoms with Gasteiger partial charge in [0.25, 0.3) is 5.91 Å². The van der Waals surface area contributed by atoms with Crippen LogP contribution in [0.5, 0.6) is 0 Å². The molecule has 0 aliphatic carbocycles. The van der Waals surface area contributed by atoms with Gasteiger partial charge in [-0.1, -0.05) is 6.92 Å². The highest BCUT2D eigenvalue weighted by Gasteiger charge is 2.27. The second-order valence-corrected chi connectivity index (χ2v) is 5.95. The average molecular weight is 327 g/mol. The number of nitrogens with zero attached hydrogens (tertiary/aromatic N) is 4. The van der Waals surface area contributed by atoms with Crippen LogP contribution in [0, 0.1) is 0 Å². The van der Waals surface area contributed by atoms with E-state index in [1.165, 1.54) is 12.3 Å². The molecule has 0 saturated carbocycles. The van der Waals surface area contributed by atoms with E-state index in [1.54, 1.807) is 6.07 Å². The molecule has 2 aromatic heterocycles. The van der Waals surface area contributed by atoms with Gasteiger partial charge in [0.05, 0.1) is 11.6 Å². The van der Waals surface area contributed by atoms with Crippen molar-refractivity contribution in [2.24, 2.45) is 5.73 Å². The first kappa shape index (κ1) is 16.2. The summed E-state index contributed by atoms with van der Waals surface area (Å²) in [5.74, 6) is 0.374. The van der Waals surface area contributed by atoms with Gasteiger partial charge in [-0.05, 0) is 25.0 Å². The number of rotatable bonds is 4. The molecule has 1 atom stereocenters. The predicted molar refractivity (Wildman–Crippen MR) is 88.5 cm³/mol. The van der Waals surface area contributed by atoms with E-state index in [2.05, 4.69) is 21.5 Å². The summed E-state index contributed by atoms with van der Waals surface area (Å²) in [6.45, 7) is 3.43. The van der Waals surface area contributed by atoms with Gasteiger partial charge in [-0.15, -0.1) is 0 Å². The molecule has 1 aliphatic rings. The van der Waals surface area contributed by atoms with Crippen molar-refractivity contribution in [3.63, 3.8) is 0 Å². The summed E-state index contributed by atoms with van der Waals surface area (Å²) >= 11 is 0. The van der Waals surface area contributed by atoms with Gasteiger partial charge in [-0.3, -0.25) is 14.6 Å². The Kier molecular flexibility index (Phi) is 4.59. The zero-order chi connectivity index (χ0) is 17.1. The van der Waals surface area contributed by atoms with E-state index in [0.29, 0.717) is 24.3 Å². The molecule has 3 rings (SSSR count). The smallest absolute Gasteiger partial charge is 0.272 e. The van der Waals surface area contributed by atoms with Crippen LogP contribution in [0.4, 0.5) is 0 Å². The average Bonchev–Trinajstić information content (AvgIpc) is 3.10. The van der Waals surface area contributed by atoms with Crippen LogP contribution in [0.1, 0.15) is 52.5 Å². The Hall–Kier alpha value is -2.70. The second kappa shape index (κ2) is 6.82. The summed E-state index contributed by atoms with van der Waals surface area (Å²) in [5, 5.41) is 0. The fourth-order valence-corrected chi connectivity index (χ4v) is 3.14. The Labute approximate surface area is 140 Å². The lowest BCUT2D eigenvalue weighted by Gasteiger charge is -2.34. The lowest BCUT2D eigenvalue weighted by Crippen LogP contribution is -2.41. The minimum atomic E-state index is -0.549. The highest BCUT2D eigenvalue weighted by molar-refractivity contribution is 5.95. The molecule has 1 saturated heterocycles. The molecular weight excluding hydrogens is 306 g/mol. The lowest BCUT2D eigenvalue weighted by molar-refractivity contribution is 0.0671. The Morgan fingerprint density at radius 1 is 1.33 bits per heavy atom. The van der Waals surface area contributed by atoms with Gasteiger partial charge < -0.3 is 15.2 Å². The first-order valence-electron chi connectivity index (χ1n) is 8.17. The van der Waals surface area contributed by atoms with Crippen LogP contribution in [0.3, 0.4) is 0 Å². The number of primary amides is 1. The molecule has 7 nitrogen and oxygen atoms in total. The fraction of sp³-hybridized carbons (Fsp3) is 0.412. The molecule has 0 spiro atoms. The first-order valence-corrected chi connectivity index (χ1v) is 8.17. The van der Waals surface area contributed by atoms with Crippen LogP contribution in [0.25, 0.3) is 0 Å². The third-order valence-electron chi connectivity index (χ3n) is 4.41. The first-order chi connectivity index (χ1) is 11.6. The Balaban J connectivity index is 1.74. The summed E-state index contributed by atoms with van der Waals surface area (Å²) in [6.07, 6.45) is 7.98. The van der Waals surface area contributed by atoms with Crippen LogP contribution in [-0.2, 0) is 6.42 Å². The third-order valence-corrected chi connectivity index (χ3v) is 4.41. The van der Waals surface area contributed by atoms with Gasteiger partial charge in [0, 0.05) is 38.1 Å². The monoisotopic (exact) mass is 327 g/mol. The van der Waals surface area contributed by atoms with Gasteiger partial charge in [-0.2, -0.15) is 0 Å². The van der Waals surface area contributed by atoms with Crippen LogP contribution < -0.4 is 5.73 Å². The predicted octanol–water partition coefficient (Wildman–Crippen LogP) is 1.42. The highest BCUT2D eigenvalue weighted by atomic mass is 16.2. The summed E-state index contributed by atoms with van der Waals surface area (Å²) < 4.78 is 2.17. The standard InChI is InChI=1S/C17H21N5O2/c1-2-15-19-7-9-22(15)13-4-3-8-21(11-13)17(24)14-6-5-12(10-20-14)16(18)23/h5-7,9-10,13H,2-4,8,11H2,1H3,(H2,18,23)/t13-/m0/s1. The Morgan fingerprint density at radius 3 is 2.83 bits per heavy atom. The number of aryl methyl sites for hydroxylation is 1. The number of imidazole rings is 1. The molecule has 0 radical (unpaired) electrons. The quantitative estimate of drug-likeness (QED) is 0.919. The molecule has 24 heavy (non-hydrogen) atoms. The van der Waals surface area contributed by atoms with E-state index in [-0.39, 0.29) is 11.9 Å². The van der Waals surface area contributed by atoms with E-state index in [9.17, 15) is 9.59 Å². The molecular formula is C17H21N5O2.